The summed E-state index contributed by atoms with van der Waals surface area (Å²) in [5, 5.41) is 3.73. The molecule has 0 saturated carbocycles. The quantitative estimate of drug-likeness (QED) is 0.820. The Kier molecular flexibility index (Phi) is 6.11. The molecule has 3 rings (SSSR count). The molecule has 5 nitrogen and oxygen atoms in total. The molecule has 2 aromatic carbocycles. The van der Waals surface area contributed by atoms with Crippen molar-refractivity contribution in [2.45, 2.75) is 26.9 Å². The van der Waals surface area contributed by atoms with Gasteiger partial charge in [-0.05, 0) is 62.7 Å². The van der Waals surface area contributed by atoms with Gasteiger partial charge >= 0.3 is 6.03 Å². The third kappa shape index (κ3) is 4.86. The zero-order valence-electron chi connectivity index (χ0n) is 16.0. The van der Waals surface area contributed by atoms with E-state index in [-0.39, 0.29) is 12.1 Å². The van der Waals surface area contributed by atoms with Crippen molar-refractivity contribution in [2.75, 3.05) is 36.4 Å². The van der Waals surface area contributed by atoms with Crippen molar-refractivity contribution >= 4 is 29.0 Å². The summed E-state index contributed by atoms with van der Waals surface area (Å²) in [6.45, 7) is 8.92. The van der Waals surface area contributed by atoms with Crippen molar-refractivity contribution in [3.63, 3.8) is 0 Å². The van der Waals surface area contributed by atoms with E-state index in [0.717, 1.165) is 40.8 Å². The van der Waals surface area contributed by atoms with Crippen molar-refractivity contribution in [1.82, 2.24) is 4.90 Å². The molecule has 1 N–H and O–H groups in total. The van der Waals surface area contributed by atoms with Gasteiger partial charge in [-0.3, -0.25) is 0 Å². The fourth-order valence-electron chi connectivity index (χ4n) is 3.18. The third-order valence-corrected chi connectivity index (χ3v) is 5.03. The minimum absolute atomic E-state index is 0.0741. The summed E-state index contributed by atoms with van der Waals surface area (Å²) in [6.07, 6.45) is 0.130. The van der Waals surface area contributed by atoms with E-state index < -0.39 is 0 Å². The van der Waals surface area contributed by atoms with Crippen LogP contribution < -0.4 is 15.0 Å². The van der Waals surface area contributed by atoms with Gasteiger partial charge in [0, 0.05) is 42.6 Å². The normalized spacial score (nSPS) is 14.4. The lowest BCUT2D eigenvalue weighted by Gasteiger charge is -2.36. The number of hydrogen-bond acceptors (Lipinski definition) is 3. The van der Waals surface area contributed by atoms with Crippen molar-refractivity contribution in [1.29, 1.82) is 0 Å². The summed E-state index contributed by atoms with van der Waals surface area (Å²) in [7, 11) is 0. The number of ether oxygens (including phenoxy) is 1. The Morgan fingerprint density at radius 3 is 2.37 bits per heavy atom. The molecule has 6 heteroatoms. The zero-order valence-corrected chi connectivity index (χ0v) is 16.8. The van der Waals surface area contributed by atoms with Gasteiger partial charge < -0.3 is 19.9 Å². The standard InChI is InChI=1S/C21H26ClN3O2/c1-15(2)27-18-9-7-17(8-10-18)23-21(26)25-13-11-24(12-14-25)20-6-4-5-19(22)16(20)3/h4-10,15H,11-14H2,1-3H3,(H,23,26). The van der Waals surface area contributed by atoms with Gasteiger partial charge in [-0.2, -0.15) is 0 Å². The number of nitrogens with one attached hydrogen (secondary N) is 1. The van der Waals surface area contributed by atoms with Gasteiger partial charge in [0.15, 0.2) is 0 Å². The minimum Gasteiger partial charge on any atom is -0.491 e. The van der Waals surface area contributed by atoms with Crippen LogP contribution in [0.2, 0.25) is 5.02 Å². The summed E-state index contributed by atoms with van der Waals surface area (Å²) in [6, 6.07) is 13.3. The first-order valence-corrected chi connectivity index (χ1v) is 9.64. The Labute approximate surface area is 165 Å². The molecule has 0 unspecified atom stereocenters. The Morgan fingerprint density at radius 1 is 1.07 bits per heavy atom. The number of benzene rings is 2. The second kappa shape index (κ2) is 8.53. The molecular weight excluding hydrogens is 362 g/mol. The van der Waals surface area contributed by atoms with Gasteiger partial charge in [0.2, 0.25) is 0 Å². The number of carbonyl (C=O) groups excluding carboxylic acids is 1. The first-order chi connectivity index (χ1) is 12.9. The molecule has 1 fully saturated rings. The Hall–Kier alpha value is -2.40. The molecule has 0 radical (unpaired) electrons. The largest absolute Gasteiger partial charge is 0.491 e. The molecule has 144 valence electrons. The maximum atomic E-state index is 12.5. The molecule has 1 heterocycles. The topological polar surface area (TPSA) is 44.8 Å². The smallest absolute Gasteiger partial charge is 0.321 e. The van der Waals surface area contributed by atoms with E-state index in [0.29, 0.717) is 13.1 Å². The second-order valence-electron chi connectivity index (χ2n) is 6.98. The molecule has 1 aliphatic heterocycles. The van der Waals surface area contributed by atoms with Crippen molar-refractivity contribution in [3.8, 4) is 5.75 Å². The van der Waals surface area contributed by atoms with Crippen LogP contribution in [0.1, 0.15) is 19.4 Å². The first kappa shape index (κ1) is 19.4. The summed E-state index contributed by atoms with van der Waals surface area (Å²) in [5.41, 5.74) is 2.99. The van der Waals surface area contributed by atoms with Crippen LogP contribution in [0.4, 0.5) is 16.2 Å². The van der Waals surface area contributed by atoms with E-state index in [9.17, 15) is 4.79 Å². The van der Waals surface area contributed by atoms with Gasteiger partial charge in [-0.25, -0.2) is 4.79 Å². The number of nitrogens with zero attached hydrogens (tertiary/aromatic N) is 2. The molecule has 1 saturated heterocycles. The highest BCUT2D eigenvalue weighted by atomic mass is 35.5. The number of halogens is 1. The van der Waals surface area contributed by atoms with Crippen molar-refractivity contribution in [2.24, 2.45) is 0 Å². The summed E-state index contributed by atoms with van der Waals surface area (Å²) >= 11 is 6.23. The van der Waals surface area contributed by atoms with Crippen LogP contribution in [0.5, 0.6) is 5.75 Å². The maximum Gasteiger partial charge on any atom is 0.321 e. The van der Waals surface area contributed by atoms with Crippen LogP contribution >= 0.6 is 11.6 Å². The zero-order chi connectivity index (χ0) is 19.4. The summed E-state index contributed by atoms with van der Waals surface area (Å²) in [4.78, 5) is 16.7. The highest BCUT2D eigenvalue weighted by Gasteiger charge is 2.22. The van der Waals surface area contributed by atoms with Gasteiger partial charge in [0.25, 0.3) is 0 Å². The molecule has 0 aromatic heterocycles. The monoisotopic (exact) mass is 387 g/mol. The highest BCUT2D eigenvalue weighted by Crippen LogP contribution is 2.27. The van der Waals surface area contributed by atoms with Crippen LogP contribution in [-0.4, -0.2) is 43.2 Å². The molecular formula is C21H26ClN3O2. The third-order valence-electron chi connectivity index (χ3n) is 4.62. The van der Waals surface area contributed by atoms with Gasteiger partial charge in [0.1, 0.15) is 5.75 Å². The average Bonchev–Trinajstić information content (AvgIpc) is 2.65. The number of piperazine rings is 1. The molecule has 0 atom stereocenters. The van der Waals surface area contributed by atoms with Crippen LogP contribution in [-0.2, 0) is 0 Å². The maximum absolute atomic E-state index is 12.5. The Morgan fingerprint density at radius 2 is 1.74 bits per heavy atom. The first-order valence-electron chi connectivity index (χ1n) is 9.27. The van der Waals surface area contributed by atoms with E-state index in [1.165, 1.54) is 0 Å². The number of anilines is 2. The Bertz CT molecular complexity index is 785. The lowest BCUT2D eigenvalue weighted by atomic mass is 10.1. The number of hydrogen-bond donors (Lipinski definition) is 1. The van der Waals surface area contributed by atoms with Crippen LogP contribution in [0.3, 0.4) is 0 Å². The molecule has 2 aromatic rings. The van der Waals surface area contributed by atoms with Crippen LogP contribution in [0, 0.1) is 6.92 Å². The van der Waals surface area contributed by atoms with E-state index in [4.69, 9.17) is 16.3 Å². The van der Waals surface area contributed by atoms with Crippen LogP contribution in [0.25, 0.3) is 0 Å². The SMILES string of the molecule is Cc1c(Cl)cccc1N1CCN(C(=O)Nc2ccc(OC(C)C)cc2)CC1. The van der Waals surface area contributed by atoms with E-state index in [1.54, 1.807) is 0 Å². The molecule has 0 spiro atoms. The number of rotatable bonds is 4. The van der Waals surface area contributed by atoms with E-state index in [1.807, 2.05) is 62.1 Å². The van der Waals surface area contributed by atoms with Gasteiger partial charge in [-0.1, -0.05) is 17.7 Å². The van der Waals surface area contributed by atoms with Crippen molar-refractivity contribution < 1.29 is 9.53 Å². The Balaban J connectivity index is 1.55. The highest BCUT2D eigenvalue weighted by molar-refractivity contribution is 6.31. The number of amides is 2. The van der Waals surface area contributed by atoms with E-state index >= 15 is 0 Å². The van der Waals surface area contributed by atoms with Gasteiger partial charge in [0.05, 0.1) is 6.10 Å². The minimum atomic E-state index is -0.0741. The molecule has 0 bridgehead atoms. The lowest BCUT2D eigenvalue weighted by molar-refractivity contribution is 0.208. The fourth-order valence-corrected chi connectivity index (χ4v) is 3.35. The molecule has 0 aliphatic carbocycles. The average molecular weight is 388 g/mol. The number of carbonyl (C=O) groups is 1. The molecule has 1 aliphatic rings. The van der Waals surface area contributed by atoms with Gasteiger partial charge in [-0.15, -0.1) is 0 Å². The van der Waals surface area contributed by atoms with Crippen molar-refractivity contribution in [3.05, 3.63) is 53.1 Å². The van der Waals surface area contributed by atoms with E-state index in [2.05, 4.69) is 16.3 Å². The second-order valence-corrected chi connectivity index (χ2v) is 7.39. The summed E-state index contributed by atoms with van der Waals surface area (Å²) < 4.78 is 5.62. The molecule has 2 amide bonds. The van der Waals surface area contributed by atoms with Crippen LogP contribution in [0.15, 0.2) is 42.5 Å². The fraction of sp³-hybridized carbons (Fsp3) is 0.381. The predicted octanol–water partition coefficient (Wildman–Crippen LogP) is 4.79. The predicted molar refractivity (Wildman–Crippen MR) is 111 cm³/mol. The number of urea groups is 1. The summed E-state index contributed by atoms with van der Waals surface area (Å²) in [5.74, 6) is 0.800. The lowest BCUT2D eigenvalue weighted by Crippen LogP contribution is -2.50. The molecule has 27 heavy (non-hydrogen) atoms.